The normalized spacial score (nSPS) is 14.5. The molecule has 0 N–H and O–H groups in total. The second kappa shape index (κ2) is 20.1. The Morgan fingerprint density at radius 1 is 0.181 bits per heavy atom. The first-order valence-electron chi connectivity index (χ1n) is 32.4. The fraction of sp³-hybridized carbons (Fsp3) is 0.0222. The molecule has 0 fully saturated rings. The van der Waals surface area contributed by atoms with Crippen molar-refractivity contribution in [1.82, 2.24) is 19.9 Å². The van der Waals surface area contributed by atoms with E-state index in [2.05, 4.69) is 309 Å². The van der Waals surface area contributed by atoms with Gasteiger partial charge in [-0.15, -0.1) is 0 Å². The van der Waals surface area contributed by atoms with Crippen molar-refractivity contribution in [1.29, 1.82) is 0 Å². The van der Waals surface area contributed by atoms with Gasteiger partial charge in [0.15, 0.2) is 11.6 Å². The molecule has 4 aliphatic rings. The Kier molecular flexibility index (Phi) is 11.2. The van der Waals surface area contributed by atoms with E-state index in [1.165, 1.54) is 106 Å². The standard InChI is InChI=1S/C90H54N4/c1-4-24-55(25-5-1)85-71-53-59(49-51-80(71)91-87(93-85)56-26-6-2-7-27-56)63-38-22-47-79-83(63)69-36-14-19-44-76(69)90(79)75-43-18-13-35-68(75)82-62(37-21-46-78(82)90)58-30-20-31-61(52-58)86-70-50-48-60(54-81(70)92-88(94-86)57-28-8-3-9-29-57)64-39-23-45-77-84(64)67-34-12-17-42-74(67)89(77)72-40-15-10-32-65(72)66-33-11-16-41-73(66)89/h1-54H. The summed E-state index contributed by atoms with van der Waals surface area (Å²) in [5, 5.41) is 2.01. The van der Waals surface area contributed by atoms with Crippen LogP contribution < -0.4 is 0 Å². The quantitative estimate of drug-likeness (QED) is 0.160. The third-order valence-corrected chi connectivity index (χ3v) is 20.7. The number of aromatic nitrogens is 4. The van der Waals surface area contributed by atoms with E-state index in [-0.39, 0.29) is 0 Å². The Morgan fingerprint density at radius 3 is 1.01 bits per heavy atom. The Balaban J connectivity index is 0.738. The van der Waals surface area contributed by atoms with Gasteiger partial charge >= 0.3 is 0 Å². The monoisotopic (exact) mass is 1190 g/mol. The highest BCUT2D eigenvalue weighted by Crippen LogP contribution is 2.67. The van der Waals surface area contributed by atoms with Crippen LogP contribution in [0.3, 0.4) is 0 Å². The van der Waals surface area contributed by atoms with Crippen molar-refractivity contribution in [3.05, 3.63) is 372 Å². The van der Waals surface area contributed by atoms with Crippen LogP contribution >= 0.6 is 0 Å². The van der Waals surface area contributed by atoms with E-state index in [0.717, 1.165) is 72.1 Å². The van der Waals surface area contributed by atoms with Crippen molar-refractivity contribution < 1.29 is 0 Å². The van der Waals surface area contributed by atoms with Gasteiger partial charge in [-0.3, -0.25) is 0 Å². The first-order chi connectivity index (χ1) is 46.6. The highest BCUT2D eigenvalue weighted by atomic mass is 14.9. The van der Waals surface area contributed by atoms with Gasteiger partial charge in [-0.1, -0.05) is 297 Å². The molecule has 2 heterocycles. The van der Waals surface area contributed by atoms with E-state index in [4.69, 9.17) is 19.9 Å². The van der Waals surface area contributed by atoms with E-state index in [9.17, 15) is 0 Å². The largest absolute Gasteiger partial charge is 0.228 e. The van der Waals surface area contributed by atoms with Gasteiger partial charge in [0, 0.05) is 33.0 Å². The first kappa shape index (κ1) is 52.5. The van der Waals surface area contributed by atoms with Gasteiger partial charge in [0.2, 0.25) is 0 Å². The second-order valence-corrected chi connectivity index (χ2v) is 25.3. The van der Waals surface area contributed by atoms with Crippen LogP contribution in [0.1, 0.15) is 44.5 Å². The molecule has 434 valence electrons. The number of hydrogen-bond donors (Lipinski definition) is 0. The molecule has 2 spiro atoms. The van der Waals surface area contributed by atoms with Crippen molar-refractivity contribution in [2.75, 3.05) is 0 Å². The molecule has 0 radical (unpaired) electrons. The number of rotatable bonds is 7. The second-order valence-electron chi connectivity index (χ2n) is 25.3. The van der Waals surface area contributed by atoms with Crippen molar-refractivity contribution >= 4 is 21.8 Å². The van der Waals surface area contributed by atoms with E-state index in [1.54, 1.807) is 0 Å². The maximum Gasteiger partial charge on any atom is 0.160 e. The molecule has 16 aromatic rings. The van der Waals surface area contributed by atoms with Crippen LogP contribution in [0, 0.1) is 0 Å². The lowest BCUT2D eigenvalue weighted by atomic mass is 9.70. The Bertz CT molecular complexity index is 5830. The molecule has 0 saturated carbocycles. The number of hydrogen-bond acceptors (Lipinski definition) is 4. The van der Waals surface area contributed by atoms with Gasteiger partial charge in [-0.05, 0) is 153 Å². The Morgan fingerprint density at radius 2 is 0.511 bits per heavy atom. The van der Waals surface area contributed by atoms with Gasteiger partial charge in [0.25, 0.3) is 0 Å². The summed E-state index contributed by atoms with van der Waals surface area (Å²) in [6, 6.07) is 120. The van der Waals surface area contributed by atoms with Crippen molar-refractivity contribution in [3.8, 4) is 123 Å². The molecule has 2 aromatic heterocycles. The van der Waals surface area contributed by atoms with Crippen LogP contribution in [0.25, 0.3) is 145 Å². The van der Waals surface area contributed by atoms with Gasteiger partial charge in [0.05, 0.1) is 33.3 Å². The van der Waals surface area contributed by atoms with E-state index in [1.807, 2.05) is 18.2 Å². The van der Waals surface area contributed by atoms with Crippen LogP contribution in [0.4, 0.5) is 0 Å². The molecular weight excluding hydrogens is 1140 g/mol. The van der Waals surface area contributed by atoms with Gasteiger partial charge in [-0.2, -0.15) is 0 Å². The lowest BCUT2D eigenvalue weighted by Gasteiger charge is -2.30. The minimum atomic E-state index is -0.597. The summed E-state index contributed by atoms with van der Waals surface area (Å²) in [4.78, 5) is 21.5. The number of benzene rings is 14. The third kappa shape index (κ3) is 7.28. The summed E-state index contributed by atoms with van der Waals surface area (Å²) in [5.74, 6) is 1.40. The van der Waals surface area contributed by atoms with Gasteiger partial charge in [-0.25, -0.2) is 19.9 Å². The summed E-state index contributed by atoms with van der Waals surface area (Å²) in [6.07, 6.45) is 0. The molecule has 0 amide bonds. The summed E-state index contributed by atoms with van der Waals surface area (Å²) in [5.41, 5.74) is 34.1. The highest BCUT2D eigenvalue weighted by Gasteiger charge is 2.54. The summed E-state index contributed by atoms with van der Waals surface area (Å²) < 4.78 is 0. The van der Waals surface area contributed by atoms with Gasteiger partial charge in [0.1, 0.15) is 0 Å². The van der Waals surface area contributed by atoms with E-state index < -0.39 is 10.8 Å². The van der Waals surface area contributed by atoms with E-state index >= 15 is 0 Å². The molecule has 4 aliphatic carbocycles. The molecule has 0 aliphatic heterocycles. The molecule has 0 saturated heterocycles. The Hall–Kier alpha value is -12.2. The highest BCUT2D eigenvalue weighted by molar-refractivity contribution is 6.07. The van der Waals surface area contributed by atoms with Crippen LogP contribution in [0.2, 0.25) is 0 Å². The molecule has 0 bridgehead atoms. The molecule has 4 heteroatoms. The zero-order chi connectivity index (χ0) is 61.6. The molecular formula is C90H54N4. The molecule has 94 heavy (non-hydrogen) atoms. The molecule has 1 unspecified atom stereocenters. The zero-order valence-electron chi connectivity index (χ0n) is 51.0. The van der Waals surface area contributed by atoms with Gasteiger partial charge < -0.3 is 0 Å². The molecule has 1 atom stereocenters. The van der Waals surface area contributed by atoms with Crippen molar-refractivity contribution in [2.45, 2.75) is 10.8 Å². The Labute approximate surface area is 544 Å². The average molecular weight is 1190 g/mol. The predicted molar refractivity (Wildman–Crippen MR) is 383 cm³/mol. The average Bonchev–Trinajstić information content (AvgIpc) is 1.52. The SMILES string of the molecule is c1ccc(-c2nc(-c3cccc(-c4cccc5c4-c4ccccc4C54c5ccccc5-c5c(-c6ccc7nc(-c8ccccc8)nc(-c8ccccc8)c7c6)cccc54)c3)c3ccc(-c4cccc5c4-c4ccccc4C54c5ccccc5-c5ccccc54)cc3n2)cc1. The topological polar surface area (TPSA) is 51.6 Å². The maximum absolute atomic E-state index is 5.54. The van der Waals surface area contributed by atoms with Crippen LogP contribution in [-0.2, 0) is 10.8 Å². The fourth-order valence-corrected chi connectivity index (χ4v) is 17.0. The minimum Gasteiger partial charge on any atom is -0.228 e. The lowest BCUT2D eigenvalue weighted by Crippen LogP contribution is -2.25. The van der Waals surface area contributed by atoms with E-state index in [0.29, 0.717) is 11.6 Å². The number of fused-ring (bicyclic) bond motifs is 22. The smallest absolute Gasteiger partial charge is 0.160 e. The lowest BCUT2D eigenvalue weighted by molar-refractivity contribution is 0.794. The summed E-state index contributed by atoms with van der Waals surface area (Å²) >= 11 is 0. The number of nitrogens with zero attached hydrogens (tertiary/aromatic N) is 4. The predicted octanol–water partition coefficient (Wildman–Crippen LogP) is 21.9. The van der Waals surface area contributed by atoms with Crippen LogP contribution in [0.5, 0.6) is 0 Å². The fourth-order valence-electron chi connectivity index (χ4n) is 17.0. The van der Waals surface area contributed by atoms with Crippen LogP contribution in [-0.4, -0.2) is 19.9 Å². The summed E-state index contributed by atoms with van der Waals surface area (Å²) in [6.45, 7) is 0. The third-order valence-electron chi connectivity index (χ3n) is 20.7. The minimum absolute atomic E-state index is 0.442. The molecule has 14 aromatic carbocycles. The van der Waals surface area contributed by atoms with Crippen LogP contribution in [0.15, 0.2) is 328 Å². The molecule has 4 nitrogen and oxygen atoms in total. The van der Waals surface area contributed by atoms with Crippen molar-refractivity contribution in [3.63, 3.8) is 0 Å². The van der Waals surface area contributed by atoms with Crippen molar-refractivity contribution in [2.24, 2.45) is 0 Å². The summed E-state index contributed by atoms with van der Waals surface area (Å²) in [7, 11) is 0. The zero-order valence-corrected chi connectivity index (χ0v) is 51.0. The molecule has 20 rings (SSSR count). The first-order valence-corrected chi connectivity index (χ1v) is 32.4. The maximum atomic E-state index is 5.54.